The molecule has 19 heavy (non-hydrogen) atoms. The molecule has 0 aromatic heterocycles. The summed E-state index contributed by atoms with van der Waals surface area (Å²) in [5.41, 5.74) is 3.41. The van der Waals surface area contributed by atoms with Crippen LogP contribution in [0.25, 0.3) is 0 Å². The molecule has 1 amide bonds. The Morgan fingerprint density at radius 1 is 1.21 bits per heavy atom. The molecule has 0 radical (unpaired) electrons. The third-order valence-electron chi connectivity index (χ3n) is 2.43. The summed E-state index contributed by atoms with van der Waals surface area (Å²) in [5, 5.41) is 0. The number of hydrogen-bond acceptors (Lipinski definition) is 2. The molecule has 0 unspecified atom stereocenters. The molecule has 0 atom stereocenters. The second-order valence-corrected chi connectivity index (χ2v) is 4.69. The van der Waals surface area contributed by atoms with Gasteiger partial charge in [0.1, 0.15) is 5.82 Å². The van der Waals surface area contributed by atoms with E-state index in [0.717, 1.165) is 11.6 Å². The Balaban J connectivity index is 1.89. The quantitative estimate of drug-likeness (QED) is 0.875. The lowest BCUT2D eigenvalue weighted by Gasteiger charge is -2.06. The molecule has 1 N–H and O–H groups in total. The Morgan fingerprint density at radius 2 is 1.95 bits per heavy atom. The molecule has 2 aromatic carbocycles. The zero-order chi connectivity index (χ0) is 13.7. The van der Waals surface area contributed by atoms with Crippen LogP contribution < -0.4 is 5.48 Å². The van der Waals surface area contributed by atoms with E-state index >= 15 is 0 Å². The van der Waals surface area contributed by atoms with Crippen molar-refractivity contribution < 1.29 is 14.0 Å². The summed E-state index contributed by atoms with van der Waals surface area (Å²) in [5.74, 6) is -0.974. The zero-order valence-corrected chi connectivity index (χ0v) is 11.5. The third-order valence-corrected chi connectivity index (χ3v) is 3.07. The summed E-state index contributed by atoms with van der Waals surface area (Å²) in [6, 6.07) is 13.5. The van der Waals surface area contributed by atoms with Crippen molar-refractivity contribution in [2.24, 2.45) is 0 Å². The number of amides is 1. The molecule has 2 aromatic rings. The Labute approximate surface area is 118 Å². The van der Waals surface area contributed by atoms with Crippen LogP contribution in [0.1, 0.15) is 15.9 Å². The number of carbonyl (C=O) groups excluding carboxylic acids is 1. The highest BCUT2D eigenvalue weighted by Crippen LogP contribution is 2.16. The molecule has 3 nitrogen and oxygen atoms in total. The fraction of sp³-hybridized carbons (Fsp3) is 0.0714. The Bertz CT molecular complexity index is 575. The first kappa shape index (κ1) is 13.7. The van der Waals surface area contributed by atoms with Crippen molar-refractivity contribution >= 4 is 21.8 Å². The summed E-state index contributed by atoms with van der Waals surface area (Å²) < 4.78 is 13.6. The molecule has 0 aliphatic heterocycles. The van der Waals surface area contributed by atoms with Gasteiger partial charge in [0.05, 0.1) is 11.1 Å². The van der Waals surface area contributed by atoms with E-state index in [0.29, 0.717) is 4.47 Å². The first-order valence-electron chi connectivity index (χ1n) is 5.58. The Kier molecular flexibility index (Phi) is 4.65. The van der Waals surface area contributed by atoms with Gasteiger partial charge < -0.3 is 0 Å². The SMILES string of the molecule is O=C(NOCc1ccccc1)c1ccc(Br)c(F)c1. The minimum Gasteiger partial charge on any atom is -0.269 e. The van der Waals surface area contributed by atoms with Crippen molar-refractivity contribution in [1.82, 2.24) is 5.48 Å². The van der Waals surface area contributed by atoms with Gasteiger partial charge in [-0.05, 0) is 39.7 Å². The van der Waals surface area contributed by atoms with Crippen LogP contribution in [0, 0.1) is 5.82 Å². The van der Waals surface area contributed by atoms with Gasteiger partial charge in [-0.1, -0.05) is 30.3 Å². The molecule has 98 valence electrons. The lowest BCUT2D eigenvalue weighted by Crippen LogP contribution is -2.23. The van der Waals surface area contributed by atoms with Crippen molar-refractivity contribution in [1.29, 1.82) is 0 Å². The highest BCUT2D eigenvalue weighted by molar-refractivity contribution is 9.10. The summed E-state index contributed by atoms with van der Waals surface area (Å²) in [7, 11) is 0. The van der Waals surface area contributed by atoms with Crippen molar-refractivity contribution in [3.05, 3.63) is 69.9 Å². The van der Waals surface area contributed by atoms with E-state index in [4.69, 9.17) is 4.84 Å². The first-order valence-corrected chi connectivity index (χ1v) is 6.37. The maximum atomic E-state index is 13.3. The summed E-state index contributed by atoms with van der Waals surface area (Å²) in [4.78, 5) is 16.8. The molecule has 0 aliphatic rings. The van der Waals surface area contributed by atoms with Crippen LogP contribution in [0.15, 0.2) is 53.0 Å². The fourth-order valence-corrected chi connectivity index (χ4v) is 1.70. The van der Waals surface area contributed by atoms with Gasteiger partial charge in [0.25, 0.3) is 5.91 Å². The van der Waals surface area contributed by atoms with Crippen LogP contribution in [0.5, 0.6) is 0 Å². The van der Waals surface area contributed by atoms with Gasteiger partial charge in [0, 0.05) is 5.56 Å². The van der Waals surface area contributed by atoms with Gasteiger partial charge in [-0.25, -0.2) is 9.87 Å². The van der Waals surface area contributed by atoms with E-state index in [1.807, 2.05) is 30.3 Å². The van der Waals surface area contributed by atoms with E-state index < -0.39 is 11.7 Å². The average molecular weight is 324 g/mol. The van der Waals surface area contributed by atoms with E-state index in [9.17, 15) is 9.18 Å². The largest absolute Gasteiger partial charge is 0.274 e. The van der Waals surface area contributed by atoms with E-state index in [1.165, 1.54) is 12.1 Å². The fourth-order valence-electron chi connectivity index (χ4n) is 1.46. The van der Waals surface area contributed by atoms with Crippen LogP contribution >= 0.6 is 15.9 Å². The van der Waals surface area contributed by atoms with Gasteiger partial charge in [-0.3, -0.25) is 9.63 Å². The number of carbonyl (C=O) groups is 1. The molecule has 5 heteroatoms. The summed E-state index contributed by atoms with van der Waals surface area (Å²) >= 11 is 3.02. The number of rotatable bonds is 4. The van der Waals surface area contributed by atoms with Gasteiger partial charge in [0.2, 0.25) is 0 Å². The number of benzene rings is 2. The van der Waals surface area contributed by atoms with Crippen LogP contribution in [0.4, 0.5) is 4.39 Å². The van der Waals surface area contributed by atoms with Crippen molar-refractivity contribution in [2.45, 2.75) is 6.61 Å². The van der Waals surface area contributed by atoms with Crippen molar-refractivity contribution in [2.75, 3.05) is 0 Å². The molecule has 2 rings (SSSR count). The molecule has 0 saturated carbocycles. The van der Waals surface area contributed by atoms with Crippen LogP contribution in [-0.2, 0) is 11.4 Å². The lowest BCUT2D eigenvalue weighted by molar-refractivity contribution is 0.0233. The third kappa shape index (κ3) is 3.87. The number of nitrogens with one attached hydrogen (secondary N) is 1. The molecule has 0 saturated heterocycles. The second-order valence-electron chi connectivity index (χ2n) is 3.83. The predicted octanol–water partition coefficient (Wildman–Crippen LogP) is 3.45. The smallest absolute Gasteiger partial charge is 0.269 e. The normalized spacial score (nSPS) is 10.2. The minimum absolute atomic E-state index is 0.203. The second kappa shape index (κ2) is 6.45. The molecule has 0 heterocycles. The molecule has 0 aliphatic carbocycles. The topological polar surface area (TPSA) is 38.3 Å². The molecule has 0 spiro atoms. The predicted molar refractivity (Wildman–Crippen MR) is 72.8 cm³/mol. The summed E-state index contributed by atoms with van der Waals surface area (Å²) in [6.45, 7) is 0.256. The van der Waals surface area contributed by atoms with Crippen molar-refractivity contribution in [3.8, 4) is 0 Å². The number of hydrogen-bond donors (Lipinski definition) is 1. The van der Waals surface area contributed by atoms with Crippen LogP contribution in [0.2, 0.25) is 0 Å². The molecular formula is C14H11BrFNO2. The Morgan fingerprint density at radius 3 is 2.63 bits per heavy atom. The maximum absolute atomic E-state index is 13.3. The van der Waals surface area contributed by atoms with Crippen LogP contribution in [0.3, 0.4) is 0 Å². The lowest BCUT2D eigenvalue weighted by atomic mass is 10.2. The minimum atomic E-state index is -0.490. The highest BCUT2D eigenvalue weighted by atomic mass is 79.9. The number of hydroxylamine groups is 1. The van der Waals surface area contributed by atoms with Gasteiger partial charge in [-0.15, -0.1) is 0 Å². The summed E-state index contributed by atoms with van der Waals surface area (Å²) in [6.07, 6.45) is 0. The molecule has 0 bridgehead atoms. The highest BCUT2D eigenvalue weighted by Gasteiger charge is 2.08. The van der Waals surface area contributed by atoms with Crippen molar-refractivity contribution in [3.63, 3.8) is 0 Å². The standard InChI is InChI=1S/C14H11BrFNO2/c15-12-7-6-11(8-13(12)16)14(18)17-19-9-10-4-2-1-3-5-10/h1-8H,9H2,(H,17,18). The first-order chi connectivity index (χ1) is 9.16. The van der Waals surface area contributed by atoms with E-state index in [-0.39, 0.29) is 12.2 Å². The maximum Gasteiger partial charge on any atom is 0.274 e. The Hall–Kier alpha value is -1.72. The van der Waals surface area contributed by atoms with E-state index in [1.54, 1.807) is 0 Å². The van der Waals surface area contributed by atoms with E-state index in [2.05, 4.69) is 21.4 Å². The molecular weight excluding hydrogens is 313 g/mol. The van der Waals surface area contributed by atoms with Gasteiger partial charge >= 0.3 is 0 Å². The zero-order valence-electron chi connectivity index (χ0n) is 9.90. The molecule has 0 fully saturated rings. The number of halogens is 2. The monoisotopic (exact) mass is 323 g/mol. The average Bonchev–Trinajstić information content (AvgIpc) is 2.43. The van der Waals surface area contributed by atoms with Gasteiger partial charge in [0.15, 0.2) is 0 Å². The van der Waals surface area contributed by atoms with Crippen LogP contribution in [-0.4, -0.2) is 5.91 Å². The van der Waals surface area contributed by atoms with Gasteiger partial charge in [-0.2, -0.15) is 0 Å².